The number of allylic oxidation sites excluding steroid dienone is 1. The van der Waals surface area contributed by atoms with Crippen LogP contribution >= 0.6 is 23.1 Å². The molecule has 0 radical (unpaired) electrons. The van der Waals surface area contributed by atoms with E-state index in [4.69, 9.17) is 0 Å². The van der Waals surface area contributed by atoms with E-state index < -0.39 is 0 Å². The molecule has 1 aromatic heterocycles. The fourth-order valence-electron chi connectivity index (χ4n) is 3.11. The van der Waals surface area contributed by atoms with Gasteiger partial charge in [-0.2, -0.15) is 0 Å². The third-order valence-electron chi connectivity index (χ3n) is 4.12. The Hall–Kier alpha value is -1.26. The van der Waals surface area contributed by atoms with E-state index >= 15 is 0 Å². The summed E-state index contributed by atoms with van der Waals surface area (Å²) in [5.74, 6) is 0. The molecular weight excluding hydrogens is 296 g/mol. The average Bonchev–Trinajstić information content (AvgIpc) is 3.15. The number of aliphatic imine (C=N–C) groups is 1. The molecule has 21 heavy (non-hydrogen) atoms. The summed E-state index contributed by atoms with van der Waals surface area (Å²) in [6.45, 7) is 6.43. The zero-order chi connectivity index (χ0) is 14.4. The lowest BCUT2D eigenvalue weighted by Gasteiger charge is -2.18. The Bertz CT molecular complexity index is 770. The van der Waals surface area contributed by atoms with Gasteiger partial charge in [0, 0.05) is 21.7 Å². The molecule has 4 rings (SSSR count). The van der Waals surface area contributed by atoms with Crippen LogP contribution in [0.15, 0.2) is 33.5 Å². The molecule has 0 spiro atoms. The fraction of sp³-hybridized carbons (Fsp3) is 0.353. The second-order valence-corrected chi connectivity index (χ2v) is 7.51. The maximum atomic E-state index is 4.66. The highest BCUT2D eigenvalue weighted by molar-refractivity contribution is 8.17. The van der Waals surface area contributed by atoms with Gasteiger partial charge in [-0.15, -0.1) is 11.3 Å². The van der Waals surface area contributed by atoms with Crippen LogP contribution in [0.4, 0.5) is 0 Å². The van der Waals surface area contributed by atoms with Gasteiger partial charge in [0.2, 0.25) is 0 Å². The monoisotopic (exact) mass is 314 g/mol. The maximum Gasteiger partial charge on any atom is 0.168 e. The van der Waals surface area contributed by atoms with Gasteiger partial charge in [0.25, 0.3) is 0 Å². The summed E-state index contributed by atoms with van der Waals surface area (Å²) in [4.78, 5) is 8.58. The second kappa shape index (κ2) is 5.18. The Labute approximate surface area is 133 Å². The van der Waals surface area contributed by atoms with E-state index in [1.165, 1.54) is 43.4 Å². The minimum atomic E-state index is 0.935. The highest BCUT2D eigenvalue weighted by Crippen LogP contribution is 2.46. The molecule has 3 heterocycles. The molecule has 1 aromatic carbocycles. The molecular formula is C17H18N2S2. The summed E-state index contributed by atoms with van der Waals surface area (Å²) in [5, 5.41) is 4.82. The molecule has 0 amide bonds. The first-order chi connectivity index (χ1) is 10.3. The van der Waals surface area contributed by atoms with E-state index in [-0.39, 0.29) is 0 Å². The van der Waals surface area contributed by atoms with Gasteiger partial charge >= 0.3 is 0 Å². The quantitative estimate of drug-likeness (QED) is 0.783. The molecule has 4 heteroatoms. The number of rotatable bonds is 3. The van der Waals surface area contributed by atoms with E-state index in [2.05, 4.69) is 47.3 Å². The molecule has 0 N–H and O–H groups in total. The van der Waals surface area contributed by atoms with Crippen molar-refractivity contribution >= 4 is 44.0 Å². The molecule has 0 unspecified atom stereocenters. The lowest BCUT2D eigenvalue weighted by molar-refractivity contribution is 0.646. The molecule has 2 aliphatic heterocycles. The normalized spacial score (nSPS) is 17.8. The van der Waals surface area contributed by atoms with Crippen LogP contribution in [0.25, 0.3) is 15.8 Å². The summed E-state index contributed by atoms with van der Waals surface area (Å²) in [7, 11) is 0. The average molecular weight is 314 g/mol. The van der Waals surface area contributed by atoms with Crippen molar-refractivity contribution < 1.29 is 0 Å². The van der Waals surface area contributed by atoms with Crippen molar-refractivity contribution in [1.29, 1.82) is 0 Å². The molecule has 2 nitrogen and oxygen atoms in total. The molecule has 0 bridgehead atoms. The smallest absolute Gasteiger partial charge is 0.168 e. The molecule has 0 saturated heterocycles. The molecule has 0 atom stereocenters. The van der Waals surface area contributed by atoms with Crippen LogP contribution < -0.4 is 0 Å². The van der Waals surface area contributed by atoms with E-state index in [0.717, 1.165) is 19.5 Å². The van der Waals surface area contributed by atoms with Crippen LogP contribution in [0.2, 0.25) is 0 Å². The van der Waals surface area contributed by atoms with Gasteiger partial charge in [-0.1, -0.05) is 37.2 Å². The van der Waals surface area contributed by atoms with Gasteiger partial charge < -0.3 is 4.90 Å². The van der Waals surface area contributed by atoms with Crippen molar-refractivity contribution in [2.45, 2.75) is 26.7 Å². The minimum Gasteiger partial charge on any atom is -0.318 e. The van der Waals surface area contributed by atoms with E-state index in [9.17, 15) is 0 Å². The zero-order valence-electron chi connectivity index (χ0n) is 12.3. The van der Waals surface area contributed by atoms with Crippen molar-refractivity contribution in [3.63, 3.8) is 0 Å². The van der Waals surface area contributed by atoms with Gasteiger partial charge in [0.05, 0.1) is 12.2 Å². The predicted molar refractivity (Wildman–Crippen MR) is 95.0 cm³/mol. The summed E-state index contributed by atoms with van der Waals surface area (Å²) in [5.41, 5.74) is 4.19. The number of hydrogen-bond donors (Lipinski definition) is 0. The SMILES string of the molecule is CCCC1=C(c2ccc(C)c3ccsc23)N2CCN=C2S1. The highest BCUT2D eigenvalue weighted by Gasteiger charge is 2.33. The Kier molecular flexibility index (Phi) is 3.31. The van der Waals surface area contributed by atoms with Crippen molar-refractivity contribution in [3.05, 3.63) is 39.6 Å². The topological polar surface area (TPSA) is 15.6 Å². The van der Waals surface area contributed by atoms with Gasteiger partial charge in [0.15, 0.2) is 5.17 Å². The molecule has 0 fully saturated rings. The number of nitrogens with zero attached hydrogens (tertiary/aromatic N) is 2. The van der Waals surface area contributed by atoms with Gasteiger partial charge in [-0.05, 0) is 35.7 Å². The molecule has 2 aliphatic rings. The number of hydrogen-bond acceptors (Lipinski definition) is 4. The molecule has 0 saturated carbocycles. The minimum absolute atomic E-state index is 0.935. The first-order valence-corrected chi connectivity index (χ1v) is 9.19. The van der Waals surface area contributed by atoms with Crippen LogP contribution in [0, 0.1) is 6.92 Å². The maximum absolute atomic E-state index is 4.66. The van der Waals surface area contributed by atoms with E-state index in [1.54, 1.807) is 0 Å². The number of aryl methyl sites for hydroxylation is 1. The third-order valence-corrected chi connectivity index (χ3v) is 6.24. The van der Waals surface area contributed by atoms with Crippen LogP contribution in [-0.2, 0) is 0 Å². The van der Waals surface area contributed by atoms with Crippen molar-refractivity contribution in [2.24, 2.45) is 4.99 Å². The number of benzene rings is 1. The van der Waals surface area contributed by atoms with Crippen LogP contribution in [0.1, 0.15) is 30.9 Å². The van der Waals surface area contributed by atoms with E-state index in [1.807, 2.05) is 23.1 Å². The Morgan fingerprint density at radius 2 is 2.19 bits per heavy atom. The lowest BCUT2D eigenvalue weighted by Crippen LogP contribution is -2.20. The number of thioether (sulfide) groups is 1. The van der Waals surface area contributed by atoms with Crippen LogP contribution in [0.5, 0.6) is 0 Å². The van der Waals surface area contributed by atoms with Crippen molar-refractivity contribution in [1.82, 2.24) is 4.90 Å². The van der Waals surface area contributed by atoms with Crippen LogP contribution in [0.3, 0.4) is 0 Å². The second-order valence-electron chi connectivity index (χ2n) is 5.53. The lowest BCUT2D eigenvalue weighted by atomic mass is 10.0. The number of fused-ring (bicyclic) bond motifs is 2. The Morgan fingerprint density at radius 1 is 1.29 bits per heavy atom. The number of thiophene rings is 1. The first-order valence-electron chi connectivity index (χ1n) is 7.49. The summed E-state index contributed by atoms with van der Waals surface area (Å²) < 4.78 is 1.42. The third kappa shape index (κ3) is 2.04. The Balaban J connectivity index is 1.92. The van der Waals surface area contributed by atoms with Gasteiger partial charge in [-0.25, -0.2) is 0 Å². The molecule has 0 aliphatic carbocycles. The molecule has 108 valence electrons. The van der Waals surface area contributed by atoms with Gasteiger partial charge in [0.1, 0.15) is 0 Å². The Morgan fingerprint density at radius 3 is 3.05 bits per heavy atom. The fourth-order valence-corrected chi connectivity index (χ4v) is 5.39. The standard InChI is InChI=1S/C17H18N2S2/c1-3-4-14-15(19-9-8-18-17(19)21-14)13-6-5-11(2)12-7-10-20-16(12)13/h5-7,10H,3-4,8-9H2,1-2H3. The first kappa shape index (κ1) is 13.4. The van der Waals surface area contributed by atoms with Crippen molar-refractivity contribution in [2.75, 3.05) is 13.1 Å². The number of amidine groups is 1. The highest BCUT2D eigenvalue weighted by atomic mass is 32.2. The van der Waals surface area contributed by atoms with Gasteiger partial charge in [-0.3, -0.25) is 4.99 Å². The summed E-state index contributed by atoms with van der Waals surface area (Å²) in [6.07, 6.45) is 2.34. The summed E-state index contributed by atoms with van der Waals surface area (Å²) in [6, 6.07) is 6.82. The summed E-state index contributed by atoms with van der Waals surface area (Å²) >= 11 is 3.74. The largest absolute Gasteiger partial charge is 0.318 e. The molecule has 2 aromatic rings. The van der Waals surface area contributed by atoms with Crippen LogP contribution in [-0.4, -0.2) is 23.2 Å². The van der Waals surface area contributed by atoms with E-state index in [0.29, 0.717) is 0 Å². The van der Waals surface area contributed by atoms with Crippen molar-refractivity contribution in [3.8, 4) is 0 Å². The predicted octanol–water partition coefficient (Wildman–Crippen LogP) is 5.10. The zero-order valence-corrected chi connectivity index (χ0v) is 14.0.